The molecule has 6 rings (SSSR count). The highest BCUT2D eigenvalue weighted by Crippen LogP contribution is 2.42. The van der Waals surface area contributed by atoms with Gasteiger partial charge in [0.1, 0.15) is 23.4 Å². The van der Waals surface area contributed by atoms with Gasteiger partial charge in [0, 0.05) is 66.7 Å². The summed E-state index contributed by atoms with van der Waals surface area (Å²) in [6, 6.07) is 9.70. The minimum absolute atomic E-state index is 0.131. The van der Waals surface area contributed by atoms with Crippen molar-refractivity contribution in [2.45, 2.75) is 19.5 Å². The molecule has 0 saturated carbocycles. The number of benzene rings is 1. The third kappa shape index (κ3) is 4.60. The Kier molecular flexibility index (Phi) is 6.17. The molecule has 11 heteroatoms. The van der Waals surface area contributed by atoms with Crippen LogP contribution in [0.3, 0.4) is 0 Å². The molecule has 0 aliphatic carbocycles. The summed E-state index contributed by atoms with van der Waals surface area (Å²) in [6.45, 7) is 4.89. The van der Waals surface area contributed by atoms with E-state index < -0.39 is 6.43 Å². The molecule has 5 heterocycles. The number of anilines is 1. The van der Waals surface area contributed by atoms with Gasteiger partial charge in [-0.15, -0.1) is 0 Å². The summed E-state index contributed by atoms with van der Waals surface area (Å²) in [7, 11) is 0. The van der Waals surface area contributed by atoms with Crippen molar-refractivity contribution in [1.29, 1.82) is 0 Å². The molecule has 1 unspecified atom stereocenters. The summed E-state index contributed by atoms with van der Waals surface area (Å²) < 4.78 is 31.3. The standard InChI is InChI=1S/C26H24Cl2F2N6O/c1-15(24-19(27)8-31-9-20(24)28)37-17-3-4-21-18(6-17)25(34-33-21)16-2-5-23(32-7-16)36-13-26(14-36)11-35(12-26)10-22(29)30/h2-9,15,22H,10-14H2,1H3,(H,33,34). The first-order valence-electron chi connectivity index (χ1n) is 12.0. The van der Waals surface area contributed by atoms with Crippen molar-refractivity contribution >= 4 is 39.9 Å². The predicted octanol–water partition coefficient (Wildman–Crippen LogP) is 5.85. The molecular weight excluding hydrogens is 521 g/mol. The van der Waals surface area contributed by atoms with Crippen LogP contribution in [0.4, 0.5) is 14.6 Å². The van der Waals surface area contributed by atoms with Gasteiger partial charge < -0.3 is 9.64 Å². The minimum Gasteiger partial charge on any atom is -0.486 e. The van der Waals surface area contributed by atoms with Gasteiger partial charge in [-0.2, -0.15) is 5.10 Å². The van der Waals surface area contributed by atoms with Crippen LogP contribution in [0.1, 0.15) is 18.6 Å². The highest BCUT2D eigenvalue weighted by atomic mass is 35.5. The van der Waals surface area contributed by atoms with Crippen LogP contribution in [0, 0.1) is 5.41 Å². The van der Waals surface area contributed by atoms with E-state index in [1.807, 2.05) is 48.4 Å². The van der Waals surface area contributed by atoms with E-state index in [0.717, 1.165) is 54.2 Å². The number of hydrogen-bond acceptors (Lipinski definition) is 6. The summed E-state index contributed by atoms with van der Waals surface area (Å²) in [6.07, 6.45) is 2.25. The lowest BCUT2D eigenvalue weighted by molar-refractivity contribution is -0.0514. The van der Waals surface area contributed by atoms with Crippen molar-refractivity contribution in [3.8, 4) is 17.0 Å². The van der Waals surface area contributed by atoms with E-state index in [-0.39, 0.29) is 18.1 Å². The van der Waals surface area contributed by atoms with Gasteiger partial charge in [0.25, 0.3) is 6.43 Å². The normalized spacial score (nSPS) is 17.7. The van der Waals surface area contributed by atoms with Crippen molar-refractivity contribution in [1.82, 2.24) is 25.1 Å². The van der Waals surface area contributed by atoms with E-state index in [2.05, 4.69) is 25.1 Å². The van der Waals surface area contributed by atoms with E-state index in [0.29, 0.717) is 21.4 Å². The monoisotopic (exact) mass is 544 g/mol. The first kappa shape index (κ1) is 24.3. The van der Waals surface area contributed by atoms with Crippen molar-refractivity contribution in [2.75, 3.05) is 37.6 Å². The fourth-order valence-electron chi connectivity index (χ4n) is 5.42. The second kappa shape index (κ2) is 9.38. The van der Waals surface area contributed by atoms with Gasteiger partial charge in [0.2, 0.25) is 0 Å². The molecule has 192 valence electrons. The van der Waals surface area contributed by atoms with Crippen molar-refractivity contribution < 1.29 is 13.5 Å². The lowest BCUT2D eigenvalue weighted by atomic mass is 9.73. The number of nitrogens with one attached hydrogen (secondary N) is 1. The number of alkyl halides is 2. The molecule has 0 amide bonds. The molecule has 3 aromatic heterocycles. The Bertz CT molecular complexity index is 1410. The third-order valence-corrected chi connectivity index (χ3v) is 7.66. The Morgan fingerprint density at radius 2 is 1.81 bits per heavy atom. The Morgan fingerprint density at radius 3 is 2.49 bits per heavy atom. The van der Waals surface area contributed by atoms with E-state index >= 15 is 0 Å². The van der Waals surface area contributed by atoms with Gasteiger partial charge in [-0.1, -0.05) is 23.2 Å². The van der Waals surface area contributed by atoms with Crippen LogP contribution < -0.4 is 9.64 Å². The molecule has 2 aliphatic rings. The van der Waals surface area contributed by atoms with E-state index in [4.69, 9.17) is 27.9 Å². The second-order valence-corrected chi connectivity index (χ2v) is 10.7. The maximum Gasteiger partial charge on any atom is 0.251 e. The summed E-state index contributed by atoms with van der Waals surface area (Å²) in [5.74, 6) is 1.54. The topological polar surface area (TPSA) is 70.2 Å². The van der Waals surface area contributed by atoms with E-state index in [1.165, 1.54) is 0 Å². The molecule has 0 bridgehead atoms. The SMILES string of the molecule is CC(Oc1ccc2[nH]nc(-c3ccc(N4CC5(CN(CC(F)F)C5)C4)nc3)c2c1)c1c(Cl)cncc1Cl. The Morgan fingerprint density at radius 1 is 1.05 bits per heavy atom. The van der Waals surface area contributed by atoms with Crippen LogP contribution in [0.25, 0.3) is 22.2 Å². The van der Waals surface area contributed by atoms with Gasteiger partial charge in [0.15, 0.2) is 0 Å². The van der Waals surface area contributed by atoms with E-state index in [9.17, 15) is 8.78 Å². The Balaban J connectivity index is 1.15. The van der Waals surface area contributed by atoms with E-state index in [1.54, 1.807) is 12.4 Å². The van der Waals surface area contributed by atoms with Gasteiger partial charge in [-0.25, -0.2) is 13.8 Å². The zero-order valence-corrected chi connectivity index (χ0v) is 21.5. The summed E-state index contributed by atoms with van der Waals surface area (Å²) in [5.41, 5.74) is 3.34. The average molecular weight is 545 g/mol. The van der Waals surface area contributed by atoms with Gasteiger partial charge in [-0.3, -0.25) is 15.0 Å². The maximum absolute atomic E-state index is 12.6. The number of pyridine rings is 2. The molecule has 1 atom stereocenters. The van der Waals surface area contributed by atoms with Crippen LogP contribution in [0.15, 0.2) is 48.9 Å². The summed E-state index contributed by atoms with van der Waals surface area (Å²) in [4.78, 5) is 12.7. The molecule has 1 N–H and O–H groups in total. The van der Waals surface area contributed by atoms with Crippen LogP contribution in [-0.2, 0) is 0 Å². The maximum atomic E-state index is 12.6. The Hall–Kier alpha value is -3.01. The number of aromatic nitrogens is 4. The second-order valence-electron chi connectivity index (χ2n) is 9.88. The third-order valence-electron chi connectivity index (χ3n) is 7.06. The zero-order chi connectivity index (χ0) is 25.7. The predicted molar refractivity (Wildman–Crippen MR) is 140 cm³/mol. The molecule has 37 heavy (non-hydrogen) atoms. The molecule has 1 aromatic carbocycles. The van der Waals surface area contributed by atoms with Gasteiger partial charge in [-0.05, 0) is 37.3 Å². The van der Waals surface area contributed by atoms with Crippen LogP contribution in [0.5, 0.6) is 5.75 Å². The fraction of sp³-hybridized carbons (Fsp3) is 0.346. The highest BCUT2D eigenvalue weighted by molar-refractivity contribution is 6.35. The lowest BCUT2D eigenvalue weighted by Gasteiger charge is -2.60. The number of halogens is 4. The number of rotatable bonds is 7. The molecule has 2 saturated heterocycles. The highest BCUT2D eigenvalue weighted by Gasteiger charge is 2.52. The van der Waals surface area contributed by atoms with Crippen molar-refractivity contribution in [3.05, 3.63) is 64.5 Å². The van der Waals surface area contributed by atoms with Crippen molar-refractivity contribution in [2.24, 2.45) is 5.41 Å². The first-order valence-corrected chi connectivity index (χ1v) is 12.7. The molecule has 1 spiro atoms. The zero-order valence-electron chi connectivity index (χ0n) is 20.0. The van der Waals surface area contributed by atoms with Crippen LogP contribution >= 0.6 is 23.2 Å². The minimum atomic E-state index is -2.27. The number of hydrogen-bond donors (Lipinski definition) is 1. The molecule has 7 nitrogen and oxygen atoms in total. The summed E-state index contributed by atoms with van der Waals surface area (Å²) in [5, 5.41) is 9.38. The molecule has 4 aromatic rings. The Labute approximate surface area is 222 Å². The molecule has 0 radical (unpaired) electrons. The number of ether oxygens (including phenoxy) is 1. The van der Waals surface area contributed by atoms with Crippen LogP contribution in [0.2, 0.25) is 10.0 Å². The van der Waals surface area contributed by atoms with Gasteiger partial charge >= 0.3 is 0 Å². The number of likely N-dealkylation sites (tertiary alicyclic amines) is 1. The quantitative estimate of drug-likeness (QED) is 0.314. The fourth-order valence-corrected chi connectivity index (χ4v) is 6.10. The van der Waals surface area contributed by atoms with Crippen molar-refractivity contribution in [3.63, 3.8) is 0 Å². The number of fused-ring (bicyclic) bond motifs is 1. The average Bonchev–Trinajstić information content (AvgIpc) is 3.23. The smallest absolute Gasteiger partial charge is 0.251 e. The number of aromatic amines is 1. The summed E-state index contributed by atoms with van der Waals surface area (Å²) >= 11 is 12.6. The largest absolute Gasteiger partial charge is 0.486 e. The van der Waals surface area contributed by atoms with Crippen LogP contribution in [-0.4, -0.2) is 64.2 Å². The lowest BCUT2D eigenvalue weighted by Crippen LogP contribution is -2.72. The number of H-pyrrole nitrogens is 1. The molecule has 2 aliphatic heterocycles. The molecule has 2 fully saturated rings. The van der Waals surface area contributed by atoms with Gasteiger partial charge in [0.05, 0.1) is 22.1 Å². The first-order chi connectivity index (χ1) is 17.8. The number of nitrogens with zero attached hydrogens (tertiary/aromatic N) is 5. The molecular formula is C26H24Cl2F2N6O.